The van der Waals surface area contributed by atoms with Crippen LogP contribution in [0.25, 0.3) is 28.0 Å². The number of nitrogens with one attached hydrogen (secondary N) is 1. The molecule has 7 nitrogen and oxygen atoms in total. The molecule has 0 aliphatic heterocycles. The zero-order valence-corrected chi connectivity index (χ0v) is 16.4. The summed E-state index contributed by atoms with van der Waals surface area (Å²) in [5.74, 6) is 1.74. The highest BCUT2D eigenvalue weighted by atomic mass is 32.1. The first-order valence-electron chi connectivity index (χ1n) is 8.74. The monoisotopic (exact) mass is 397 g/mol. The minimum atomic E-state index is -0.0851. The first kappa shape index (κ1) is 18.1. The van der Waals surface area contributed by atoms with Gasteiger partial charge in [-0.15, -0.1) is 0 Å². The molecule has 2 aromatic carbocycles. The number of methoxy groups -OCH3 is 1. The summed E-state index contributed by atoms with van der Waals surface area (Å²) < 4.78 is 13.3. The van der Waals surface area contributed by atoms with Crippen LogP contribution in [-0.2, 0) is 6.42 Å². The molecule has 0 aliphatic rings. The van der Waals surface area contributed by atoms with Gasteiger partial charge in [0.05, 0.1) is 18.4 Å². The molecule has 0 amide bonds. The van der Waals surface area contributed by atoms with Crippen LogP contribution >= 0.6 is 12.2 Å². The highest BCUT2D eigenvalue weighted by Crippen LogP contribution is 2.38. The molecule has 0 fully saturated rings. The molecule has 144 valence electrons. The van der Waals surface area contributed by atoms with Gasteiger partial charge in [0.25, 0.3) is 0 Å². The van der Waals surface area contributed by atoms with Gasteiger partial charge in [0.1, 0.15) is 17.3 Å². The first-order valence-corrected chi connectivity index (χ1v) is 9.15. The van der Waals surface area contributed by atoms with Crippen molar-refractivity contribution in [1.29, 1.82) is 0 Å². The van der Waals surface area contributed by atoms with Crippen molar-refractivity contribution in [3.05, 3.63) is 46.4 Å². The van der Waals surface area contributed by atoms with Crippen molar-refractivity contribution in [3.63, 3.8) is 0 Å². The molecular formula is C20H19N3O4S. The quantitative estimate of drug-likeness (QED) is 0.434. The molecule has 28 heavy (non-hydrogen) atoms. The van der Waals surface area contributed by atoms with E-state index in [-0.39, 0.29) is 11.5 Å². The van der Waals surface area contributed by atoms with Gasteiger partial charge in [-0.25, -0.2) is 0 Å². The van der Waals surface area contributed by atoms with E-state index in [2.05, 4.69) is 10.2 Å². The number of benzene rings is 2. The molecule has 0 saturated carbocycles. The second-order valence-corrected chi connectivity index (χ2v) is 6.81. The summed E-state index contributed by atoms with van der Waals surface area (Å²) in [7, 11) is 1.59. The second-order valence-electron chi connectivity index (χ2n) is 6.43. The number of ether oxygens (including phenoxy) is 1. The topological polar surface area (TPSA) is 96.4 Å². The summed E-state index contributed by atoms with van der Waals surface area (Å²) in [6, 6.07) is 8.60. The predicted octanol–water partition coefficient (Wildman–Crippen LogP) is 4.63. The number of nitrogens with zero attached hydrogens (tertiary/aromatic N) is 2. The third kappa shape index (κ3) is 2.73. The van der Waals surface area contributed by atoms with Crippen LogP contribution in [0.4, 0.5) is 0 Å². The maximum atomic E-state index is 10.4. The molecule has 0 bridgehead atoms. The molecule has 2 heterocycles. The minimum Gasteiger partial charge on any atom is -0.508 e. The Morgan fingerprint density at radius 2 is 2.00 bits per heavy atom. The van der Waals surface area contributed by atoms with Crippen LogP contribution in [0.1, 0.15) is 18.2 Å². The number of hydrogen-bond acceptors (Lipinski definition) is 6. The molecule has 0 spiro atoms. The van der Waals surface area contributed by atoms with Crippen LogP contribution in [0.2, 0.25) is 0 Å². The highest BCUT2D eigenvalue weighted by Gasteiger charge is 2.20. The van der Waals surface area contributed by atoms with Crippen molar-refractivity contribution in [1.82, 2.24) is 14.8 Å². The number of H-pyrrole nitrogens is 1. The third-order valence-electron chi connectivity index (χ3n) is 4.70. The fourth-order valence-electron chi connectivity index (χ4n) is 3.35. The summed E-state index contributed by atoms with van der Waals surface area (Å²) in [4.78, 5) is 0. The zero-order chi connectivity index (χ0) is 20.0. The van der Waals surface area contributed by atoms with Crippen molar-refractivity contribution in [2.45, 2.75) is 20.3 Å². The van der Waals surface area contributed by atoms with E-state index in [4.69, 9.17) is 21.4 Å². The molecule has 2 aromatic heterocycles. The summed E-state index contributed by atoms with van der Waals surface area (Å²) in [5, 5.41) is 28.4. The smallest absolute Gasteiger partial charge is 0.200 e. The number of aromatic hydroxyl groups is 2. The lowest BCUT2D eigenvalue weighted by Crippen LogP contribution is -2.00. The van der Waals surface area contributed by atoms with E-state index in [1.165, 1.54) is 6.07 Å². The molecular weight excluding hydrogens is 378 g/mol. The number of aryl methyl sites for hydroxylation is 2. The van der Waals surface area contributed by atoms with Gasteiger partial charge in [-0.3, -0.25) is 9.67 Å². The van der Waals surface area contributed by atoms with Gasteiger partial charge in [-0.1, -0.05) is 6.92 Å². The largest absolute Gasteiger partial charge is 0.508 e. The SMILES string of the molecule is CCc1cc(-c2n[nH]c(=S)n2-c2ccc(OC)c3oc(C)cc23)c(O)cc1O. The number of aromatic nitrogens is 3. The van der Waals surface area contributed by atoms with Gasteiger partial charge in [0.2, 0.25) is 0 Å². The van der Waals surface area contributed by atoms with E-state index in [1.54, 1.807) is 23.8 Å². The zero-order valence-electron chi connectivity index (χ0n) is 15.6. The van der Waals surface area contributed by atoms with Crippen molar-refractivity contribution in [2.24, 2.45) is 0 Å². The summed E-state index contributed by atoms with van der Waals surface area (Å²) in [6.07, 6.45) is 0.609. The van der Waals surface area contributed by atoms with Crippen molar-refractivity contribution >= 4 is 23.2 Å². The summed E-state index contributed by atoms with van der Waals surface area (Å²) in [5.41, 5.74) is 2.51. The predicted molar refractivity (Wildman–Crippen MR) is 108 cm³/mol. The molecule has 0 unspecified atom stereocenters. The van der Waals surface area contributed by atoms with E-state index in [1.807, 2.05) is 26.0 Å². The Morgan fingerprint density at radius 3 is 2.71 bits per heavy atom. The average molecular weight is 397 g/mol. The van der Waals surface area contributed by atoms with E-state index >= 15 is 0 Å². The normalized spacial score (nSPS) is 11.2. The van der Waals surface area contributed by atoms with Crippen molar-refractivity contribution in [2.75, 3.05) is 7.11 Å². The van der Waals surface area contributed by atoms with Crippen LogP contribution in [-0.4, -0.2) is 32.1 Å². The lowest BCUT2D eigenvalue weighted by atomic mass is 10.1. The highest BCUT2D eigenvalue weighted by molar-refractivity contribution is 7.71. The van der Waals surface area contributed by atoms with Crippen molar-refractivity contribution < 1.29 is 19.4 Å². The Labute approximate surface area is 165 Å². The van der Waals surface area contributed by atoms with E-state index in [0.717, 1.165) is 16.8 Å². The van der Waals surface area contributed by atoms with Crippen LogP contribution in [0.15, 0.2) is 34.7 Å². The number of phenols is 2. The van der Waals surface area contributed by atoms with Crippen molar-refractivity contribution in [3.8, 4) is 34.3 Å². The molecule has 3 N–H and O–H groups in total. The molecule has 8 heteroatoms. The van der Waals surface area contributed by atoms with Gasteiger partial charge >= 0.3 is 0 Å². The Morgan fingerprint density at radius 1 is 1.21 bits per heavy atom. The Kier molecular flexibility index (Phi) is 4.35. The first-order chi connectivity index (χ1) is 13.4. The van der Waals surface area contributed by atoms with E-state index < -0.39 is 0 Å². The van der Waals surface area contributed by atoms with Gasteiger partial charge in [0.15, 0.2) is 21.9 Å². The van der Waals surface area contributed by atoms with Gasteiger partial charge in [-0.05, 0) is 55.4 Å². The standard InChI is InChI=1S/C20H19N3O4S/c1-4-11-8-13(16(25)9-15(11)24)19-21-22-20(28)23(19)14-5-6-17(26-3)18-12(14)7-10(2)27-18/h5-9,24-25H,4H2,1-3H3,(H,22,28). The van der Waals surface area contributed by atoms with Crippen LogP contribution in [0, 0.1) is 11.7 Å². The van der Waals surface area contributed by atoms with E-state index in [0.29, 0.717) is 39.5 Å². The number of hydrogen-bond donors (Lipinski definition) is 3. The fraction of sp³-hybridized carbons (Fsp3) is 0.200. The van der Waals surface area contributed by atoms with Crippen LogP contribution in [0.3, 0.4) is 0 Å². The molecule has 0 atom stereocenters. The van der Waals surface area contributed by atoms with Gasteiger partial charge in [0, 0.05) is 11.5 Å². The van der Waals surface area contributed by atoms with Gasteiger partial charge in [-0.2, -0.15) is 5.10 Å². The number of furan rings is 1. The molecule has 0 radical (unpaired) electrons. The molecule has 4 aromatic rings. The lowest BCUT2D eigenvalue weighted by molar-refractivity contribution is 0.408. The number of aromatic amines is 1. The van der Waals surface area contributed by atoms with Gasteiger partial charge < -0.3 is 19.4 Å². The number of fused-ring (bicyclic) bond motifs is 1. The summed E-state index contributed by atoms with van der Waals surface area (Å²) in [6.45, 7) is 3.78. The number of phenolic OH excluding ortho intramolecular Hbond substituents is 2. The molecule has 0 saturated heterocycles. The minimum absolute atomic E-state index is 0.0433. The van der Waals surface area contributed by atoms with E-state index in [9.17, 15) is 10.2 Å². The Balaban J connectivity index is 2.02. The van der Waals surface area contributed by atoms with Crippen LogP contribution < -0.4 is 4.74 Å². The molecule has 4 rings (SSSR count). The maximum absolute atomic E-state index is 10.4. The Hall–Kier alpha value is -3.26. The number of rotatable bonds is 4. The Bertz CT molecular complexity index is 1250. The maximum Gasteiger partial charge on any atom is 0.200 e. The fourth-order valence-corrected chi connectivity index (χ4v) is 3.58. The third-order valence-corrected chi connectivity index (χ3v) is 4.97. The van der Waals surface area contributed by atoms with Crippen LogP contribution in [0.5, 0.6) is 17.2 Å². The molecule has 0 aliphatic carbocycles. The lowest BCUT2D eigenvalue weighted by Gasteiger charge is -2.12. The summed E-state index contributed by atoms with van der Waals surface area (Å²) >= 11 is 5.47. The second kappa shape index (κ2) is 6.72. The average Bonchev–Trinajstić information content (AvgIpc) is 3.23.